The standard InChI is InChI=1S/C22H23FN4O6/c1-25-17(9-13-11-24-16-7-6-15(23)19(18(13)16)27(32)33)20(29)26(2)22(31,21(25)30)10-12-4-3-5-14(28)8-12/h3-8,11,17,24,27-28,31-32H,9-10H2,1-2H3. The summed E-state index contributed by atoms with van der Waals surface area (Å²) in [6.07, 6.45) is 1.16. The highest BCUT2D eigenvalue weighted by Crippen LogP contribution is 2.32. The lowest BCUT2D eigenvalue weighted by Crippen LogP contribution is -2.99. The fraction of sp³-hybridized carbons (Fsp3) is 0.273. The third kappa shape index (κ3) is 3.70. The number of hydrogen-bond acceptors (Lipinski definition) is 6. The molecular formula is C22H23FN4O6. The van der Waals surface area contributed by atoms with Crippen LogP contribution < -0.4 is 5.23 Å². The second-order valence-electron chi connectivity index (χ2n) is 8.16. The Balaban J connectivity index is 1.68. The number of H-pyrrole nitrogens is 1. The summed E-state index contributed by atoms with van der Waals surface area (Å²) < 4.78 is 14.2. The lowest BCUT2D eigenvalue weighted by molar-refractivity contribution is -0.991. The fourth-order valence-electron chi connectivity index (χ4n) is 4.35. The summed E-state index contributed by atoms with van der Waals surface area (Å²) in [5.74, 6) is -2.25. The average molecular weight is 458 g/mol. The Labute approximate surface area is 187 Å². The highest BCUT2D eigenvalue weighted by atomic mass is 19.1. The monoisotopic (exact) mass is 458 g/mol. The molecule has 0 aliphatic carbocycles. The highest BCUT2D eigenvalue weighted by molar-refractivity contribution is 5.99. The van der Waals surface area contributed by atoms with Gasteiger partial charge >= 0.3 is 0 Å². The van der Waals surface area contributed by atoms with Gasteiger partial charge < -0.3 is 30.2 Å². The number of carbonyl (C=O) groups is 2. The SMILES string of the molecule is CN1C(=O)C(O)(Cc2cccc(O)c2)N(C)C(=O)C1Cc1c[nH]c2ccc(F)c([NH+]([O-])O)c12. The summed E-state index contributed by atoms with van der Waals surface area (Å²) in [4.78, 5) is 31.4. The number of nitrogens with zero attached hydrogens (tertiary/aromatic N) is 2. The molecule has 3 aromatic rings. The number of amides is 2. The van der Waals surface area contributed by atoms with Gasteiger partial charge in [-0.1, -0.05) is 12.1 Å². The molecule has 2 aromatic carbocycles. The van der Waals surface area contributed by atoms with Crippen LogP contribution in [0.1, 0.15) is 11.1 Å². The molecule has 4 rings (SSSR count). The fourth-order valence-corrected chi connectivity index (χ4v) is 4.35. The van der Waals surface area contributed by atoms with Crippen molar-refractivity contribution < 1.29 is 34.6 Å². The van der Waals surface area contributed by atoms with Gasteiger partial charge in [-0.05, 0) is 35.4 Å². The molecule has 1 saturated heterocycles. The van der Waals surface area contributed by atoms with Crippen molar-refractivity contribution >= 4 is 28.4 Å². The van der Waals surface area contributed by atoms with Gasteiger partial charge in [0.1, 0.15) is 11.8 Å². The van der Waals surface area contributed by atoms with Gasteiger partial charge in [0.15, 0.2) is 5.82 Å². The van der Waals surface area contributed by atoms with Crippen molar-refractivity contribution in [1.82, 2.24) is 14.8 Å². The first kappa shape index (κ1) is 22.7. The van der Waals surface area contributed by atoms with Crippen LogP contribution >= 0.6 is 0 Å². The summed E-state index contributed by atoms with van der Waals surface area (Å²) >= 11 is 0. The van der Waals surface area contributed by atoms with Crippen LogP contribution in [0.15, 0.2) is 42.6 Å². The van der Waals surface area contributed by atoms with Crippen LogP contribution in [-0.4, -0.2) is 67.9 Å². The number of carbonyl (C=O) groups excluding carboxylic acids is 2. The third-order valence-corrected chi connectivity index (χ3v) is 6.17. The zero-order chi connectivity index (χ0) is 24.1. The van der Waals surface area contributed by atoms with Gasteiger partial charge in [-0.15, -0.1) is 0 Å². The molecular weight excluding hydrogens is 435 g/mol. The number of quaternary nitrogens is 1. The van der Waals surface area contributed by atoms with Crippen LogP contribution in [-0.2, 0) is 22.4 Å². The first-order chi connectivity index (χ1) is 15.5. The average Bonchev–Trinajstić information content (AvgIpc) is 3.16. The molecule has 1 aliphatic rings. The minimum atomic E-state index is -2.17. The largest absolute Gasteiger partial charge is 0.595 e. The molecule has 33 heavy (non-hydrogen) atoms. The van der Waals surface area contributed by atoms with E-state index in [0.29, 0.717) is 16.6 Å². The normalized spacial score (nSPS) is 22.3. The van der Waals surface area contributed by atoms with E-state index in [9.17, 15) is 34.6 Å². The molecule has 1 aromatic heterocycles. The van der Waals surface area contributed by atoms with Gasteiger partial charge in [0, 0.05) is 33.1 Å². The number of hydrogen-bond donors (Lipinski definition) is 5. The maximum Gasteiger partial charge on any atom is 0.276 e. The van der Waals surface area contributed by atoms with E-state index < -0.39 is 40.3 Å². The number of aromatic amines is 1. The zero-order valence-electron chi connectivity index (χ0n) is 17.9. The number of rotatable bonds is 5. The second-order valence-corrected chi connectivity index (χ2v) is 8.16. The summed E-state index contributed by atoms with van der Waals surface area (Å²) in [7, 11) is 2.68. The van der Waals surface area contributed by atoms with E-state index in [-0.39, 0.29) is 24.0 Å². The Bertz CT molecular complexity index is 1240. The zero-order valence-corrected chi connectivity index (χ0v) is 17.9. The molecule has 0 radical (unpaired) electrons. The lowest BCUT2D eigenvalue weighted by atomic mass is 9.92. The van der Waals surface area contributed by atoms with Gasteiger partial charge in [0.25, 0.3) is 5.91 Å². The van der Waals surface area contributed by atoms with E-state index in [4.69, 9.17) is 0 Å². The van der Waals surface area contributed by atoms with E-state index in [1.807, 2.05) is 0 Å². The minimum absolute atomic E-state index is 0.0413. The van der Waals surface area contributed by atoms with Crippen LogP contribution in [0.5, 0.6) is 5.75 Å². The highest BCUT2D eigenvalue weighted by Gasteiger charge is 2.53. The van der Waals surface area contributed by atoms with Gasteiger partial charge in [0.05, 0.1) is 10.9 Å². The van der Waals surface area contributed by atoms with Crippen LogP contribution in [0.4, 0.5) is 10.1 Å². The molecule has 2 amide bonds. The molecule has 1 fully saturated rings. The topological polar surface area (TPSA) is 145 Å². The number of phenolic OH excluding ortho intramolecular Hbond substituents is 1. The van der Waals surface area contributed by atoms with Crippen molar-refractivity contribution in [3.05, 3.63) is 64.7 Å². The van der Waals surface area contributed by atoms with Crippen molar-refractivity contribution in [2.75, 3.05) is 14.1 Å². The number of aromatic nitrogens is 1. The van der Waals surface area contributed by atoms with Crippen molar-refractivity contribution in [2.45, 2.75) is 24.6 Å². The first-order valence-corrected chi connectivity index (χ1v) is 10.1. The number of phenols is 1. The number of halogens is 1. The quantitative estimate of drug-likeness (QED) is 0.345. The van der Waals surface area contributed by atoms with Gasteiger partial charge in [-0.25, -0.2) is 9.60 Å². The Morgan fingerprint density at radius 2 is 1.97 bits per heavy atom. The van der Waals surface area contributed by atoms with E-state index >= 15 is 0 Å². The van der Waals surface area contributed by atoms with Gasteiger partial charge in [0.2, 0.25) is 17.3 Å². The molecule has 1 aliphatic heterocycles. The van der Waals surface area contributed by atoms with Crippen LogP contribution in [0.2, 0.25) is 0 Å². The Morgan fingerprint density at radius 3 is 2.64 bits per heavy atom. The molecule has 174 valence electrons. The molecule has 3 atom stereocenters. The van der Waals surface area contributed by atoms with Crippen molar-refractivity contribution in [2.24, 2.45) is 0 Å². The molecule has 11 heteroatoms. The molecule has 2 heterocycles. The number of nitrogens with one attached hydrogen (secondary N) is 2. The predicted molar refractivity (Wildman–Crippen MR) is 114 cm³/mol. The molecule has 10 nitrogen and oxygen atoms in total. The Hall–Kier alpha value is -3.51. The van der Waals surface area contributed by atoms with E-state index in [1.54, 1.807) is 12.1 Å². The summed E-state index contributed by atoms with van der Waals surface area (Å²) in [6, 6.07) is 7.42. The van der Waals surface area contributed by atoms with E-state index in [1.165, 1.54) is 38.5 Å². The molecule has 5 N–H and O–H groups in total. The lowest BCUT2D eigenvalue weighted by Gasteiger charge is -2.47. The first-order valence-electron chi connectivity index (χ1n) is 10.1. The number of likely N-dealkylation sites (N-methyl/N-ethyl adjacent to an activating group) is 2. The van der Waals surface area contributed by atoms with E-state index in [2.05, 4.69) is 4.98 Å². The number of fused-ring (bicyclic) bond motifs is 1. The van der Waals surface area contributed by atoms with Crippen LogP contribution in [0.3, 0.4) is 0 Å². The molecule has 0 saturated carbocycles. The van der Waals surface area contributed by atoms with Crippen LogP contribution in [0.25, 0.3) is 10.9 Å². The maximum atomic E-state index is 14.2. The number of piperazine rings is 1. The smallest absolute Gasteiger partial charge is 0.276 e. The molecule has 0 spiro atoms. The maximum absolute atomic E-state index is 14.2. The summed E-state index contributed by atoms with van der Waals surface area (Å²) in [6.45, 7) is 0. The Morgan fingerprint density at radius 1 is 1.24 bits per heavy atom. The van der Waals surface area contributed by atoms with Crippen molar-refractivity contribution in [3.63, 3.8) is 0 Å². The summed E-state index contributed by atoms with van der Waals surface area (Å²) in [5, 5.41) is 40.7. The Kier molecular flexibility index (Phi) is 5.58. The third-order valence-electron chi connectivity index (χ3n) is 6.17. The van der Waals surface area contributed by atoms with E-state index in [0.717, 1.165) is 15.9 Å². The van der Waals surface area contributed by atoms with Gasteiger partial charge in [-0.3, -0.25) is 9.59 Å². The molecule has 3 unspecified atom stereocenters. The second kappa shape index (κ2) is 8.12. The van der Waals surface area contributed by atoms with Crippen LogP contribution in [0, 0.1) is 11.0 Å². The van der Waals surface area contributed by atoms with Gasteiger partial charge in [-0.2, -0.15) is 5.23 Å². The number of aromatic hydroxyl groups is 1. The predicted octanol–water partition coefficient (Wildman–Crippen LogP) is 0.189. The minimum Gasteiger partial charge on any atom is -0.595 e. The van der Waals surface area contributed by atoms with Crippen molar-refractivity contribution in [1.29, 1.82) is 0 Å². The summed E-state index contributed by atoms with van der Waals surface area (Å²) in [5.41, 5.74) is -1.50. The van der Waals surface area contributed by atoms with Crippen molar-refractivity contribution in [3.8, 4) is 5.75 Å². The number of aliphatic hydroxyl groups is 1. The molecule has 0 bridgehead atoms. The number of benzene rings is 2.